The number of benzene rings is 1. The van der Waals surface area contributed by atoms with E-state index in [0.717, 1.165) is 0 Å². The molecule has 0 fully saturated rings. The lowest BCUT2D eigenvalue weighted by atomic mass is 10.3. The standard InChI is InChI=1S/C12H8N4O4/c17-16(18)11-6-5-8(19-11)7-13-15-12-14-9-3-1-2-4-10(9)20-12/h1-7H,(H,14,15)/b13-7+. The Morgan fingerprint density at radius 2 is 2.10 bits per heavy atom. The van der Waals surface area contributed by atoms with Crippen LogP contribution in [0.25, 0.3) is 11.1 Å². The Morgan fingerprint density at radius 3 is 2.85 bits per heavy atom. The molecular formula is C12H8N4O4. The third-order valence-corrected chi connectivity index (χ3v) is 2.44. The number of oxazole rings is 1. The zero-order chi connectivity index (χ0) is 13.9. The third-order valence-electron chi connectivity index (χ3n) is 2.44. The molecule has 0 bridgehead atoms. The molecule has 20 heavy (non-hydrogen) atoms. The van der Waals surface area contributed by atoms with Crippen LogP contribution in [0.5, 0.6) is 0 Å². The van der Waals surface area contributed by atoms with Crippen molar-refractivity contribution in [3.8, 4) is 0 Å². The largest absolute Gasteiger partial charge is 0.433 e. The highest BCUT2D eigenvalue weighted by Gasteiger charge is 2.10. The van der Waals surface area contributed by atoms with E-state index in [9.17, 15) is 10.1 Å². The molecule has 0 aliphatic rings. The quantitative estimate of drug-likeness (QED) is 0.444. The summed E-state index contributed by atoms with van der Waals surface area (Å²) in [7, 11) is 0. The highest BCUT2D eigenvalue weighted by atomic mass is 16.6. The predicted molar refractivity (Wildman–Crippen MR) is 70.6 cm³/mol. The van der Waals surface area contributed by atoms with E-state index in [1.165, 1.54) is 18.3 Å². The fourth-order valence-corrected chi connectivity index (χ4v) is 1.58. The van der Waals surface area contributed by atoms with Crippen LogP contribution in [-0.2, 0) is 0 Å². The maximum absolute atomic E-state index is 10.4. The van der Waals surface area contributed by atoms with E-state index in [4.69, 9.17) is 8.83 Å². The van der Waals surface area contributed by atoms with E-state index >= 15 is 0 Å². The molecule has 0 saturated carbocycles. The summed E-state index contributed by atoms with van der Waals surface area (Å²) in [6.07, 6.45) is 1.29. The second-order valence-electron chi connectivity index (χ2n) is 3.79. The Labute approximate surface area is 111 Å². The number of nitrogens with zero attached hydrogens (tertiary/aromatic N) is 3. The summed E-state index contributed by atoms with van der Waals surface area (Å²) in [4.78, 5) is 14.0. The zero-order valence-electron chi connectivity index (χ0n) is 10.0. The molecule has 2 heterocycles. The van der Waals surface area contributed by atoms with E-state index < -0.39 is 4.92 Å². The van der Waals surface area contributed by atoms with Crippen LogP contribution >= 0.6 is 0 Å². The van der Waals surface area contributed by atoms with E-state index in [1.807, 2.05) is 18.2 Å². The molecule has 8 heteroatoms. The van der Waals surface area contributed by atoms with Gasteiger partial charge in [0.25, 0.3) is 0 Å². The Kier molecular flexibility index (Phi) is 2.88. The van der Waals surface area contributed by atoms with Crippen LogP contribution in [0.4, 0.5) is 11.9 Å². The molecule has 0 unspecified atom stereocenters. The molecule has 3 aromatic rings. The Balaban J connectivity index is 1.71. The molecule has 0 atom stereocenters. The van der Waals surface area contributed by atoms with Crippen molar-refractivity contribution in [2.45, 2.75) is 0 Å². The Morgan fingerprint density at radius 1 is 1.25 bits per heavy atom. The summed E-state index contributed by atoms with van der Waals surface area (Å²) in [5.74, 6) is -0.0892. The first-order valence-corrected chi connectivity index (χ1v) is 5.61. The Bertz CT molecular complexity index is 756. The van der Waals surface area contributed by atoms with Gasteiger partial charge in [-0.05, 0) is 18.2 Å². The van der Waals surface area contributed by atoms with Gasteiger partial charge in [0.15, 0.2) is 11.3 Å². The van der Waals surface area contributed by atoms with Crippen molar-refractivity contribution in [3.63, 3.8) is 0 Å². The molecule has 3 rings (SSSR count). The van der Waals surface area contributed by atoms with Gasteiger partial charge in [-0.1, -0.05) is 12.1 Å². The van der Waals surface area contributed by atoms with Crippen LogP contribution in [0, 0.1) is 10.1 Å². The summed E-state index contributed by atoms with van der Waals surface area (Å²) in [5.41, 5.74) is 3.93. The third kappa shape index (κ3) is 2.34. The maximum atomic E-state index is 10.4. The second-order valence-corrected chi connectivity index (χ2v) is 3.79. The van der Waals surface area contributed by atoms with Crippen molar-refractivity contribution in [2.24, 2.45) is 5.10 Å². The SMILES string of the molecule is O=[N+]([O-])c1ccc(/C=N/Nc2nc3ccccc3o2)o1. The molecule has 1 aromatic carbocycles. The number of nitrogens with one attached hydrogen (secondary N) is 1. The van der Waals surface area contributed by atoms with Crippen LogP contribution in [0.15, 0.2) is 50.3 Å². The van der Waals surface area contributed by atoms with Gasteiger partial charge in [0.2, 0.25) is 0 Å². The lowest BCUT2D eigenvalue weighted by molar-refractivity contribution is -0.402. The molecule has 0 amide bonds. The van der Waals surface area contributed by atoms with Crippen molar-refractivity contribution in [1.29, 1.82) is 0 Å². The van der Waals surface area contributed by atoms with Crippen LogP contribution in [0.2, 0.25) is 0 Å². The smallest absolute Gasteiger partial charge is 0.422 e. The molecule has 0 saturated heterocycles. The molecule has 2 aromatic heterocycles. The van der Waals surface area contributed by atoms with Gasteiger partial charge in [-0.25, -0.2) is 5.43 Å². The van der Waals surface area contributed by atoms with Crippen molar-refractivity contribution >= 4 is 29.2 Å². The molecule has 8 nitrogen and oxygen atoms in total. The fourth-order valence-electron chi connectivity index (χ4n) is 1.58. The number of hydrogen-bond acceptors (Lipinski definition) is 7. The number of para-hydroxylation sites is 2. The van der Waals surface area contributed by atoms with Gasteiger partial charge in [-0.15, -0.1) is 0 Å². The number of hydrazone groups is 1. The summed E-state index contributed by atoms with van der Waals surface area (Å²) in [6.45, 7) is 0. The van der Waals surface area contributed by atoms with Gasteiger partial charge in [-0.3, -0.25) is 10.1 Å². The number of rotatable bonds is 4. The number of nitro groups is 1. The average molecular weight is 272 g/mol. The summed E-state index contributed by atoms with van der Waals surface area (Å²) < 4.78 is 10.3. The highest BCUT2D eigenvalue weighted by molar-refractivity contribution is 5.77. The first-order valence-electron chi connectivity index (χ1n) is 5.61. The summed E-state index contributed by atoms with van der Waals surface area (Å²) >= 11 is 0. The first kappa shape index (κ1) is 11.9. The molecule has 0 radical (unpaired) electrons. The van der Waals surface area contributed by atoms with Crippen LogP contribution in [-0.4, -0.2) is 16.1 Å². The number of fused-ring (bicyclic) bond motifs is 1. The molecule has 100 valence electrons. The van der Waals surface area contributed by atoms with Gasteiger partial charge < -0.3 is 8.83 Å². The molecule has 1 N–H and O–H groups in total. The molecular weight excluding hydrogens is 264 g/mol. The lowest BCUT2D eigenvalue weighted by Gasteiger charge is -1.89. The number of hydrogen-bond donors (Lipinski definition) is 1. The van der Waals surface area contributed by atoms with E-state index in [0.29, 0.717) is 11.1 Å². The molecule has 0 spiro atoms. The Hall–Kier alpha value is -3.16. The minimum Gasteiger partial charge on any atom is -0.422 e. The number of aromatic nitrogens is 1. The summed E-state index contributed by atoms with van der Waals surface area (Å²) in [6, 6.07) is 10.2. The normalized spacial score (nSPS) is 11.2. The summed E-state index contributed by atoms with van der Waals surface area (Å²) in [5, 5.41) is 14.3. The van der Waals surface area contributed by atoms with E-state index in [1.54, 1.807) is 6.07 Å². The van der Waals surface area contributed by atoms with Gasteiger partial charge in [-0.2, -0.15) is 10.1 Å². The monoisotopic (exact) mass is 272 g/mol. The van der Waals surface area contributed by atoms with Gasteiger partial charge in [0, 0.05) is 0 Å². The van der Waals surface area contributed by atoms with Crippen LogP contribution in [0.1, 0.15) is 5.76 Å². The zero-order valence-corrected chi connectivity index (χ0v) is 10.0. The predicted octanol–water partition coefficient (Wildman–Crippen LogP) is 2.78. The molecule has 0 aliphatic carbocycles. The maximum Gasteiger partial charge on any atom is 0.433 e. The van der Waals surface area contributed by atoms with Crippen LogP contribution < -0.4 is 5.43 Å². The van der Waals surface area contributed by atoms with Gasteiger partial charge >= 0.3 is 11.9 Å². The van der Waals surface area contributed by atoms with Crippen LogP contribution in [0.3, 0.4) is 0 Å². The average Bonchev–Trinajstić information content (AvgIpc) is 3.04. The minimum atomic E-state index is -0.619. The van der Waals surface area contributed by atoms with Crippen molar-refractivity contribution in [3.05, 3.63) is 52.3 Å². The van der Waals surface area contributed by atoms with E-state index in [2.05, 4.69) is 15.5 Å². The highest BCUT2D eigenvalue weighted by Crippen LogP contribution is 2.18. The van der Waals surface area contributed by atoms with Crippen molar-refractivity contribution < 1.29 is 13.8 Å². The fraction of sp³-hybridized carbons (Fsp3) is 0. The molecule has 0 aliphatic heterocycles. The van der Waals surface area contributed by atoms with Gasteiger partial charge in [0.1, 0.15) is 10.4 Å². The van der Waals surface area contributed by atoms with E-state index in [-0.39, 0.29) is 17.7 Å². The number of furan rings is 1. The second kappa shape index (κ2) is 4.84. The van der Waals surface area contributed by atoms with Gasteiger partial charge in [0.05, 0.1) is 12.3 Å². The van der Waals surface area contributed by atoms with Crippen molar-refractivity contribution in [1.82, 2.24) is 4.98 Å². The van der Waals surface area contributed by atoms with Crippen molar-refractivity contribution in [2.75, 3.05) is 5.43 Å². The topological polar surface area (TPSA) is 107 Å². The first-order chi connectivity index (χ1) is 9.72. The lowest BCUT2D eigenvalue weighted by Crippen LogP contribution is -1.89. The number of anilines is 1. The minimum absolute atomic E-state index is 0.225.